The van der Waals surface area contributed by atoms with Gasteiger partial charge in [-0.05, 0) is 23.8 Å². The Bertz CT molecular complexity index is 237. The summed E-state index contributed by atoms with van der Waals surface area (Å²) >= 11 is 0. The Kier molecular flexibility index (Phi) is 4.75. The Hall–Kier alpha value is -0.248. The Morgan fingerprint density at radius 1 is 1.15 bits per heavy atom. The number of rotatable bonds is 2. The summed E-state index contributed by atoms with van der Waals surface area (Å²) in [7, 11) is 0. The maximum Gasteiger partial charge on any atom is 0.187 e. The van der Waals surface area contributed by atoms with E-state index in [4.69, 9.17) is 0 Å². The van der Waals surface area contributed by atoms with Crippen LogP contribution in [0.4, 0.5) is 0 Å². The molecule has 1 radical (unpaired) electrons. The van der Waals surface area contributed by atoms with Crippen molar-refractivity contribution in [2.24, 2.45) is 5.92 Å². The van der Waals surface area contributed by atoms with Gasteiger partial charge in [0.05, 0.1) is 0 Å². The van der Waals surface area contributed by atoms with E-state index in [1.165, 1.54) is 5.56 Å². The fraction of sp³-hybridized carbons (Fsp3) is 0.417. The van der Waals surface area contributed by atoms with Crippen molar-refractivity contribution < 1.29 is 0 Å². The largest absolute Gasteiger partial charge is 0.187 e. The van der Waals surface area contributed by atoms with E-state index in [0.29, 0.717) is 5.92 Å². The Balaban J connectivity index is 0.00000144. The third kappa shape index (κ3) is 2.86. The summed E-state index contributed by atoms with van der Waals surface area (Å²) < 4.78 is 0. The summed E-state index contributed by atoms with van der Waals surface area (Å²) in [5, 5.41) is 0. The third-order valence-electron chi connectivity index (χ3n) is 2.75. The maximum absolute atomic E-state index is 4.09. The van der Waals surface area contributed by atoms with Crippen LogP contribution in [-0.2, 0) is 5.41 Å². The summed E-state index contributed by atoms with van der Waals surface area (Å²) in [6.07, 6.45) is 0. The molecule has 0 aliphatic carbocycles. The van der Waals surface area contributed by atoms with Crippen molar-refractivity contribution in [3.8, 4) is 0 Å². The predicted molar refractivity (Wildman–Crippen MR) is 63.9 cm³/mol. The second-order valence-electron chi connectivity index (χ2n) is 3.99. The lowest BCUT2D eigenvalue weighted by atomic mass is 9.75. The zero-order chi connectivity index (χ0) is 9.19. The molecule has 0 N–H and O–H groups in total. The van der Waals surface area contributed by atoms with E-state index in [1.807, 2.05) is 6.07 Å². The van der Waals surface area contributed by atoms with Crippen LogP contribution < -0.4 is 0 Å². The number of hydrogen-bond donors (Lipinski definition) is 0. The molecule has 0 bridgehead atoms. The van der Waals surface area contributed by atoms with Crippen LogP contribution in [0.5, 0.6) is 0 Å². The number of hydrogen-bond acceptors (Lipinski definition) is 0. The average Bonchev–Trinajstić information content (AvgIpc) is 2.06. The lowest BCUT2D eigenvalue weighted by molar-refractivity contribution is 0.406. The van der Waals surface area contributed by atoms with Gasteiger partial charge in [-0.15, -0.1) is 0 Å². The third-order valence-corrected chi connectivity index (χ3v) is 2.75. The van der Waals surface area contributed by atoms with Crippen molar-refractivity contribution in [1.29, 1.82) is 0 Å². The van der Waals surface area contributed by atoms with Crippen LogP contribution in [0.25, 0.3) is 0 Å². The van der Waals surface area contributed by atoms with Crippen LogP contribution in [0.1, 0.15) is 26.3 Å². The first-order valence-corrected chi connectivity index (χ1v) is 4.43. The Labute approximate surface area is 92.5 Å². The summed E-state index contributed by atoms with van der Waals surface area (Å²) in [4.78, 5) is 0. The van der Waals surface area contributed by atoms with Gasteiger partial charge in [-0.1, -0.05) is 51.1 Å². The minimum absolute atomic E-state index is 0. The van der Waals surface area contributed by atoms with Crippen molar-refractivity contribution >= 4 is 17.4 Å². The van der Waals surface area contributed by atoms with Crippen molar-refractivity contribution in [2.45, 2.75) is 26.2 Å². The molecular formula is C12H20Al. The fourth-order valence-electron chi connectivity index (χ4n) is 1.15. The molecule has 13 heavy (non-hydrogen) atoms. The molecule has 1 unspecified atom stereocenters. The molecule has 1 rings (SSSR count). The van der Waals surface area contributed by atoms with Gasteiger partial charge >= 0.3 is 0 Å². The zero-order valence-corrected chi connectivity index (χ0v) is 8.17. The van der Waals surface area contributed by atoms with E-state index < -0.39 is 0 Å². The first-order valence-electron chi connectivity index (χ1n) is 4.43. The zero-order valence-electron chi connectivity index (χ0n) is 8.17. The highest BCUT2D eigenvalue weighted by Gasteiger charge is 2.23. The van der Waals surface area contributed by atoms with Crippen LogP contribution in [0, 0.1) is 12.8 Å². The predicted octanol–water partition coefficient (Wildman–Crippen LogP) is 2.25. The first-order chi connectivity index (χ1) is 5.55. The van der Waals surface area contributed by atoms with Crippen molar-refractivity contribution in [1.82, 2.24) is 0 Å². The molecule has 71 valence electrons. The highest BCUT2D eigenvalue weighted by Crippen LogP contribution is 2.30. The summed E-state index contributed by atoms with van der Waals surface area (Å²) in [6, 6.07) is 10.6. The molecule has 1 atom stereocenters. The molecule has 1 aromatic carbocycles. The summed E-state index contributed by atoms with van der Waals surface area (Å²) in [5.74, 6) is 0.430. The molecule has 1 heteroatoms. The van der Waals surface area contributed by atoms with Gasteiger partial charge in [0.15, 0.2) is 17.4 Å². The highest BCUT2D eigenvalue weighted by atomic mass is 27.0. The molecule has 0 aliphatic rings. The van der Waals surface area contributed by atoms with Gasteiger partial charge in [-0.2, -0.15) is 0 Å². The Morgan fingerprint density at radius 2 is 1.62 bits per heavy atom. The highest BCUT2D eigenvalue weighted by molar-refractivity contribution is 5.75. The van der Waals surface area contributed by atoms with Gasteiger partial charge in [0, 0.05) is 0 Å². The number of benzene rings is 1. The molecule has 0 heterocycles. The first kappa shape index (κ1) is 12.8. The van der Waals surface area contributed by atoms with Gasteiger partial charge in [-0.3, -0.25) is 0 Å². The smallest absolute Gasteiger partial charge is 0.0622 e. The van der Waals surface area contributed by atoms with Gasteiger partial charge in [0.2, 0.25) is 0 Å². The van der Waals surface area contributed by atoms with Crippen LogP contribution in [0.15, 0.2) is 30.3 Å². The van der Waals surface area contributed by atoms with E-state index in [1.54, 1.807) is 0 Å². The van der Waals surface area contributed by atoms with Crippen molar-refractivity contribution in [3.63, 3.8) is 0 Å². The van der Waals surface area contributed by atoms with Crippen LogP contribution in [-0.4, -0.2) is 17.4 Å². The summed E-state index contributed by atoms with van der Waals surface area (Å²) in [5.41, 5.74) is 1.55. The molecule has 0 aliphatic heterocycles. The Morgan fingerprint density at radius 3 is 2.00 bits per heavy atom. The molecule has 1 aromatic rings. The quantitative estimate of drug-likeness (QED) is 0.629. The molecule has 0 aromatic heterocycles. The van der Waals surface area contributed by atoms with Gasteiger partial charge in [-0.25, -0.2) is 0 Å². The fourth-order valence-corrected chi connectivity index (χ4v) is 1.15. The topological polar surface area (TPSA) is 0 Å². The summed E-state index contributed by atoms with van der Waals surface area (Å²) in [6.45, 7) is 10.7. The normalized spacial score (nSPS) is 11.2. The SMILES string of the molecule is [AlH3].[CH2]C(C)C(C)(C)c1ccccc1. The van der Waals surface area contributed by atoms with Crippen LogP contribution in [0.3, 0.4) is 0 Å². The lowest BCUT2D eigenvalue weighted by Crippen LogP contribution is -2.24. The maximum atomic E-state index is 4.09. The van der Waals surface area contributed by atoms with E-state index in [-0.39, 0.29) is 22.8 Å². The van der Waals surface area contributed by atoms with E-state index in [9.17, 15) is 0 Å². The van der Waals surface area contributed by atoms with Gasteiger partial charge < -0.3 is 0 Å². The average molecular weight is 191 g/mol. The minimum Gasteiger partial charge on any atom is -0.0622 e. The van der Waals surface area contributed by atoms with E-state index in [0.717, 1.165) is 0 Å². The van der Waals surface area contributed by atoms with E-state index in [2.05, 4.69) is 52.0 Å². The molecule has 0 saturated heterocycles. The second kappa shape index (κ2) is 4.84. The van der Waals surface area contributed by atoms with Crippen LogP contribution in [0.2, 0.25) is 0 Å². The van der Waals surface area contributed by atoms with E-state index >= 15 is 0 Å². The standard InChI is InChI=1S/C12H17.Al.3H/c1-10(2)12(3,4)11-8-6-5-7-9-11;;;;/h5-10H,1H2,2-4H3;;;;. The van der Waals surface area contributed by atoms with Crippen LogP contribution >= 0.6 is 0 Å². The van der Waals surface area contributed by atoms with Gasteiger partial charge in [0.1, 0.15) is 0 Å². The minimum atomic E-state index is 0. The second-order valence-corrected chi connectivity index (χ2v) is 3.99. The lowest BCUT2D eigenvalue weighted by Gasteiger charge is -2.29. The monoisotopic (exact) mass is 191 g/mol. The molecule has 0 amide bonds. The molecular weight excluding hydrogens is 171 g/mol. The molecule has 0 spiro atoms. The van der Waals surface area contributed by atoms with Gasteiger partial charge in [0.25, 0.3) is 0 Å². The molecule has 0 fully saturated rings. The molecule has 0 nitrogen and oxygen atoms in total. The molecule has 0 saturated carbocycles. The van der Waals surface area contributed by atoms with Crippen molar-refractivity contribution in [3.05, 3.63) is 42.8 Å². The van der Waals surface area contributed by atoms with Crippen molar-refractivity contribution in [2.75, 3.05) is 0 Å².